The molecule has 1 aromatic heterocycles. The second-order valence-corrected chi connectivity index (χ2v) is 7.42. The maximum absolute atomic E-state index is 10.8. The molecule has 3 nitrogen and oxygen atoms in total. The van der Waals surface area contributed by atoms with Crippen molar-refractivity contribution in [1.29, 1.82) is 0 Å². The van der Waals surface area contributed by atoms with Gasteiger partial charge in [-0.3, -0.25) is 0 Å². The van der Waals surface area contributed by atoms with Crippen LogP contribution in [-0.2, 0) is 11.2 Å². The molecule has 2 rings (SSSR count). The van der Waals surface area contributed by atoms with Gasteiger partial charge in [-0.1, -0.05) is 32.9 Å². The second kappa shape index (κ2) is 5.97. The summed E-state index contributed by atoms with van der Waals surface area (Å²) in [6.07, 6.45) is 0. The Bertz CT molecular complexity index is 597. The molecular formula is C15H17NO2S2. The Morgan fingerprint density at radius 2 is 1.95 bits per heavy atom. The van der Waals surface area contributed by atoms with Crippen LogP contribution in [0.15, 0.2) is 34.5 Å². The predicted molar refractivity (Wildman–Crippen MR) is 83.8 cm³/mol. The molecule has 0 atom stereocenters. The Morgan fingerprint density at radius 3 is 2.45 bits per heavy atom. The summed E-state index contributed by atoms with van der Waals surface area (Å²) in [5.41, 5.74) is 2.29. The van der Waals surface area contributed by atoms with Crippen LogP contribution in [0.3, 0.4) is 0 Å². The van der Waals surface area contributed by atoms with Gasteiger partial charge in [0.25, 0.3) is 0 Å². The van der Waals surface area contributed by atoms with Gasteiger partial charge in [-0.15, -0.1) is 23.1 Å². The van der Waals surface area contributed by atoms with Gasteiger partial charge in [0.2, 0.25) is 5.01 Å². The highest BCUT2D eigenvalue weighted by Crippen LogP contribution is 2.27. The van der Waals surface area contributed by atoms with E-state index in [1.807, 2.05) is 0 Å². The van der Waals surface area contributed by atoms with Crippen molar-refractivity contribution in [2.45, 2.75) is 36.8 Å². The molecule has 0 saturated heterocycles. The molecular weight excluding hydrogens is 290 g/mol. The number of hydrogen-bond donors (Lipinski definition) is 1. The van der Waals surface area contributed by atoms with Crippen molar-refractivity contribution in [3.63, 3.8) is 0 Å². The van der Waals surface area contributed by atoms with Gasteiger partial charge in [-0.25, -0.2) is 9.78 Å². The highest BCUT2D eigenvalue weighted by Gasteiger charge is 2.13. The lowest BCUT2D eigenvalue weighted by Crippen LogP contribution is -2.10. The third kappa shape index (κ3) is 3.84. The van der Waals surface area contributed by atoms with E-state index >= 15 is 0 Å². The molecule has 1 N–H and O–H groups in total. The van der Waals surface area contributed by atoms with Crippen LogP contribution in [0.1, 0.15) is 41.8 Å². The molecule has 0 amide bonds. The van der Waals surface area contributed by atoms with Gasteiger partial charge in [0.15, 0.2) is 0 Å². The highest BCUT2D eigenvalue weighted by molar-refractivity contribution is 7.98. The van der Waals surface area contributed by atoms with Crippen molar-refractivity contribution in [2.24, 2.45) is 0 Å². The average Bonchev–Trinajstić information content (AvgIpc) is 2.85. The number of nitrogens with zero attached hydrogens (tertiary/aromatic N) is 1. The largest absolute Gasteiger partial charge is 0.476 e. The summed E-state index contributed by atoms with van der Waals surface area (Å²) in [6.45, 7) is 6.58. The van der Waals surface area contributed by atoms with E-state index < -0.39 is 5.97 Å². The number of benzene rings is 1. The summed E-state index contributed by atoms with van der Waals surface area (Å²) < 4.78 is 0. The minimum Gasteiger partial charge on any atom is -0.476 e. The van der Waals surface area contributed by atoms with E-state index in [1.54, 1.807) is 17.1 Å². The molecule has 20 heavy (non-hydrogen) atoms. The van der Waals surface area contributed by atoms with Crippen molar-refractivity contribution in [3.05, 3.63) is 45.9 Å². The minimum atomic E-state index is -0.958. The first-order chi connectivity index (χ1) is 9.36. The summed E-state index contributed by atoms with van der Waals surface area (Å²) in [6, 6.07) is 8.50. The van der Waals surface area contributed by atoms with Crippen molar-refractivity contribution < 1.29 is 9.90 Å². The van der Waals surface area contributed by atoms with E-state index in [1.165, 1.54) is 21.8 Å². The lowest BCUT2D eigenvalue weighted by molar-refractivity contribution is 0.0696. The third-order valence-electron chi connectivity index (χ3n) is 2.84. The van der Waals surface area contributed by atoms with Crippen LogP contribution < -0.4 is 0 Å². The van der Waals surface area contributed by atoms with E-state index in [-0.39, 0.29) is 10.4 Å². The van der Waals surface area contributed by atoms with Crippen LogP contribution in [-0.4, -0.2) is 16.1 Å². The van der Waals surface area contributed by atoms with Crippen molar-refractivity contribution in [2.75, 3.05) is 0 Å². The van der Waals surface area contributed by atoms with Crippen LogP contribution in [0, 0.1) is 0 Å². The maximum Gasteiger partial charge on any atom is 0.365 e. The first-order valence-corrected chi connectivity index (χ1v) is 8.14. The number of carbonyl (C=O) groups is 1. The first-order valence-electron chi connectivity index (χ1n) is 6.27. The van der Waals surface area contributed by atoms with E-state index in [0.717, 1.165) is 5.69 Å². The monoisotopic (exact) mass is 307 g/mol. The number of carboxylic acids is 1. The van der Waals surface area contributed by atoms with Crippen LogP contribution in [0.4, 0.5) is 0 Å². The molecule has 0 saturated carbocycles. The fourth-order valence-electron chi connectivity index (χ4n) is 1.68. The lowest BCUT2D eigenvalue weighted by Gasteiger charge is -2.18. The van der Waals surface area contributed by atoms with Crippen LogP contribution in [0.25, 0.3) is 0 Å². The lowest BCUT2D eigenvalue weighted by atomic mass is 9.87. The quantitative estimate of drug-likeness (QED) is 0.849. The first kappa shape index (κ1) is 15.1. The Morgan fingerprint density at radius 1 is 1.30 bits per heavy atom. The van der Waals surface area contributed by atoms with Crippen LogP contribution in [0.2, 0.25) is 0 Å². The Labute approximate surface area is 127 Å². The standard InChI is InChI=1S/C15H17NO2S2/c1-15(2,3)10-4-6-12(7-5-10)19-8-11-9-20-13(16-11)14(17)18/h4-7,9H,8H2,1-3H3,(H,17,18). The second-order valence-electron chi connectivity index (χ2n) is 5.51. The van der Waals surface area contributed by atoms with Gasteiger partial charge in [0, 0.05) is 16.0 Å². The van der Waals surface area contributed by atoms with Crippen molar-refractivity contribution in [1.82, 2.24) is 4.98 Å². The molecule has 1 heterocycles. The molecule has 0 aliphatic rings. The van der Waals surface area contributed by atoms with Gasteiger partial charge in [0.1, 0.15) is 0 Å². The van der Waals surface area contributed by atoms with Gasteiger partial charge >= 0.3 is 5.97 Å². The molecule has 0 radical (unpaired) electrons. The molecule has 106 valence electrons. The van der Waals surface area contributed by atoms with E-state index in [2.05, 4.69) is 50.0 Å². The van der Waals surface area contributed by atoms with E-state index in [4.69, 9.17) is 5.11 Å². The summed E-state index contributed by atoms with van der Waals surface area (Å²) in [7, 11) is 0. The molecule has 0 unspecified atom stereocenters. The van der Waals surface area contributed by atoms with Crippen molar-refractivity contribution >= 4 is 29.1 Å². The summed E-state index contributed by atoms with van der Waals surface area (Å²) in [5.74, 6) is -0.265. The number of aromatic carboxylic acids is 1. The minimum absolute atomic E-state index is 0.156. The summed E-state index contributed by atoms with van der Waals surface area (Å²) in [5, 5.41) is 10.8. The zero-order valence-corrected chi connectivity index (χ0v) is 13.3. The number of thiazole rings is 1. The Kier molecular flexibility index (Phi) is 4.50. The molecule has 5 heteroatoms. The molecule has 0 fully saturated rings. The van der Waals surface area contributed by atoms with Crippen LogP contribution >= 0.6 is 23.1 Å². The molecule has 0 aliphatic heterocycles. The van der Waals surface area contributed by atoms with Gasteiger partial charge in [-0.2, -0.15) is 0 Å². The number of hydrogen-bond acceptors (Lipinski definition) is 4. The number of aromatic nitrogens is 1. The molecule has 0 bridgehead atoms. The smallest absolute Gasteiger partial charge is 0.365 e. The molecule has 0 aliphatic carbocycles. The number of carboxylic acid groups (broad SMARTS) is 1. The molecule has 0 spiro atoms. The molecule has 1 aromatic carbocycles. The van der Waals surface area contributed by atoms with Gasteiger partial charge < -0.3 is 5.11 Å². The maximum atomic E-state index is 10.8. The van der Waals surface area contributed by atoms with Gasteiger partial charge in [0.05, 0.1) is 5.69 Å². The molecule has 2 aromatic rings. The topological polar surface area (TPSA) is 50.2 Å². The zero-order valence-electron chi connectivity index (χ0n) is 11.7. The van der Waals surface area contributed by atoms with Gasteiger partial charge in [-0.05, 0) is 23.1 Å². The summed E-state index contributed by atoms with van der Waals surface area (Å²) >= 11 is 2.84. The zero-order chi connectivity index (χ0) is 14.8. The number of rotatable bonds is 4. The van der Waals surface area contributed by atoms with Crippen LogP contribution in [0.5, 0.6) is 0 Å². The Hall–Kier alpha value is -1.33. The SMILES string of the molecule is CC(C)(C)c1ccc(SCc2csc(C(=O)O)n2)cc1. The van der Waals surface area contributed by atoms with E-state index in [9.17, 15) is 4.79 Å². The fourth-order valence-corrected chi connectivity index (χ4v) is 3.23. The highest BCUT2D eigenvalue weighted by atomic mass is 32.2. The average molecular weight is 307 g/mol. The summed E-state index contributed by atoms with van der Waals surface area (Å²) in [4.78, 5) is 16.0. The van der Waals surface area contributed by atoms with E-state index in [0.29, 0.717) is 5.75 Å². The Balaban J connectivity index is 1.98. The number of thioether (sulfide) groups is 1. The predicted octanol–water partition coefficient (Wildman–Crippen LogP) is 4.43. The van der Waals surface area contributed by atoms with Crippen molar-refractivity contribution in [3.8, 4) is 0 Å². The third-order valence-corrected chi connectivity index (χ3v) is 4.77. The normalized spacial score (nSPS) is 11.6. The fraction of sp³-hybridized carbons (Fsp3) is 0.333.